The van der Waals surface area contributed by atoms with Crippen LogP contribution in [-0.4, -0.2) is 81.4 Å². The third-order valence-electron chi connectivity index (χ3n) is 4.17. The summed E-state index contributed by atoms with van der Waals surface area (Å²) in [5.41, 5.74) is -0.445. The van der Waals surface area contributed by atoms with Crippen molar-refractivity contribution in [2.24, 2.45) is 0 Å². The van der Waals surface area contributed by atoms with Crippen LogP contribution in [0, 0.1) is 0 Å². The fourth-order valence-corrected chi connectivity index (χ4v) is 1.99. The van der Waals surface area contributed by atoms with E-state index in [0.29, 0.717) is 13.1 Å². The van der Waals surface area contributed by atoms with Crippen LogP contribution in [0.3, 0.4) is 0 Å². The van der Waals surface area contributed by atoms with Crippen molar-refractivity contribution in [1.29, 1.82) is 0 Å². The molecule has 0 aliphatic heterocycles. The predicted molar refractivity (Wildman–Crippen MR) is 88.1 cm³/mol. The number of benzene rings is 1. The Balaban J connectivity index is 2.60. The summed E-state index contributed by atoms with van der Waals surface area (Å²) >= 11 is 0. The molecule has 0 amide bonds. The van der Waals surface area contributed by atoms with Gasteiger partial charge >= 0.3 is 0 Å². The highest BCUT2D eigenvalue weighted by Gasteiger charge is 2.28. The van der Waals surface area contributed by atoms with Gasteiger partial charge < -0.3 is 41.3 Å². The van der Waals surface area contributed by atoms with Crippen LogP contribution in [0.2, 0.25) is 0 Å². The summed E-state index contributed by atoms with van der Waals surface area (Å²) in [4.78, 5) is 0. The summed E-state index contributed by atoms with van der Waals surface area (Å²) in [5.74, 6) is 0. The van der Waals surface area contributed by atoms with Crippen molar-refractivity contribution < 1.29 is 30.6 Å². The highest BCUT2D eigenvalue weighted by molar-refractivity contribution is 5.23. The zero-order valence-electron chi connectivity index (χ0n) is 13.6. The standard InChI is InChI=1S/C16H28N2O6/c19-7-15(8-20,9-21)17-5-13-1-2-14(4-3-13)6-18-16(10-22,11-23)12-24/h1-4,17-24H,5-12H2. The average Bonchev–Trinajstić information content (AvgIpc) is 2.66. The minimum absolute atomic E-state index is 0.364. The first kappa shape index (κ1) is 20.9. The predicted octanol–water partition coefficient (Wildman–Crippen LogP) is -2.70. The van der Waals surface area contributed by atoms with E-state index in [1.54, 1.807) is 0 Å². The van der Waals surface area contributed by atoms with Gasteiger partial charge in [-0.2, -0.15) is 0 Å². The maximum absolute atomic E-state index is 9.26. The summed E-state index contributed by atoms with van der Waals surface area (Å²) in [7, 11) is 0. The minimum atomic E-state index is -1.12. The number of aliphatic hydroxyl groups is 6. The molecule has 1 rings (SSSR count). The highest BCUT2D eigenvalue weighted by atomic mass is 16.3. The first-order valence-corrected chi connectivity index (χ1v) is 7.75. The molecule has 1 aromatic carbocycles. The van der Waals surface area contributed by atoms with Crippen LogP contribution in [-0.2, 0) is 13.1 Å². The lowest BCUT2D eigenvalue weighted by Crippen LogP contribution is -2.54. The van der Waals surface area contributed by atoms with E-state index in [1.165, 1.54) is 0 Å². The molecule has 0 aliphatic carbocycles. The lowest BCUT2D eigenvalue weighted by atomic mass is 10.0. The van der Waals surface area contributed by atoms with Crippen molar-refractivity contribution in [3.05, 3.63) is 35.4 Å². The molecular weight excluding hydrogens is 316 g/mol. The van der Waals surface area contributed by atoms with E-state index in [4.69, 9.17) is 0 Å². The first-order chi connectivity index (χ1) is 11.5. The average molecular weight is 344 g/mol. The monoisotopic (exact) mass is 344 g/mol. The molecule has 0 bridgehead atoms. The van der Waals surface area contributed by atoms with Crippen molar-refractivity contribution >= 4 is 0 Å². The highest BCUT2D eigenvalue weighted by Crippen LogP contribution is 2.10. The van der Waals surface area contributed by atoms with Gasteiger partial charge in [0.15, 0.2) is 0 Å². The van der Waals surface area contributed by atoms with E-state index in [0.717, 1.165) is 11.1 Å². The molecule has 0 spiro atoms. The van der Waals surface area contributed by atoms with Gasteiger partial charge in [0.05, 0.1) is 50.7 Å². The Morgan fingerprint density at radius 1 is 0.542 bits per heavy atom. The quantitative estimate of drug-likeness (QED) is 0.204. The van der Waals surface area contributed by atoms with Gasteiger partial charge in [-0.25, -0.2) is 0 Å². The number of aliphatic hydroxyl groups excluding tert-OH is 6. The first-order valence-electron chi connectivity index (χ1n) is 7.75. The van der Waals surface area contributed by atoms with Crippen molar-refractivity contribution in [2.45, 2.75) is 24.2 Å². The van der Waals surface area contributed by atoms with E-state index >= 15 is 0 Å². The van der Waals surface area contributed by atoms with Crippen LogP contribution in [0.15, 0.2) is 24.3 Å². The Hall–Kier alpha value is -1.10. The molecule has 138 valence electrons. The maximum atomic E-state index is 9.26. The summed E-state index contributed by atoms with van der Waals surface area (Å²) in [5, 5.41) is 61.5. The maximum Gasteiger partial charge on any atom is 0.0884 e. The Labute approximate surface area is 141 Å². The van der Waals surface area contributed by atoms with Gasteiger partial charge in [-0.15, -0.1) is 0 Å². The summed E-state index contributed by atoms with van der Waals surface area (Å²) in [6.07, 6.45) is 0. The van der Waals surface area contributed by atoms with E-state index in [-0.39, 0.29) is 39.6 Å². The Kier molecular flexibility index (Phi) is 8.74. The van der Waals surface area contributed by atoms with Gasteiger partial charge in [0.1, 0.15) is 0 Å². The lowest BCUT2D eigenvalue weighted by Gasteiger charge is -2.29. The number of hydrogen-bond donors (Lipinski definition) is 8. The van der Waals surface area contributed by atoms with E-state index in [9.17, 15) is 30.6 Å². The molecule has 0 radical (unpaired) electrons. The molecule has 0 unspecified atom stereocenters. The van der Waals surface area contributed by atoms with Crippen molar-refractivity contribution in [2.75, 3.05) is 39.6 Å². The van der Waals surface area contributed by atoms with Gasteiger partial charge in [0.2, 0.25) is 0 Å². The van der Waals surface area contributed by atoms with Crippen molar-refractivity contribution in [3.8, 4) is 0 Å². The molecule has 0 heterocycles. The third-order valence-corrected chi connectivity index (χ3v) is 4.17. The molecule has 24 heavy (non-hydrogen) atoms. The van der Waals surface area contributed by atoms with Gasteiger partial charge in [-0.3, -0.25) is 0 Å². The summed E-state index contributed by atoms with van der Waals surface area (Å²) < 4.78 is 0. The van der Waals surface area contributed by atoms with Crippen LogP contribution in [0.25, 0.3) is 0 Å². The molecule has 8 heteroatoms. The third kappa shape index (κ3) is 5.47. The number of nitrogens with one attached hydrogen (secondary N) is 2. The molecule has 0 saturated heterocycles. The normalized spacial score (nSPS) is 12.6. The van der Waals surface area contributed by atoms with Crippen LogP contribution in [0.5, 0.6) is 0 Å². The molecule has 0 aromatic heterocycles. The zero-order valence-corrected chi connectivity index (χ0v) is 13.6. The van der Waals surface area contributed by atoms with E-state index in [2.05, 4.69) is 10.6 Å². The molecule has 1 aromatic rings. The second kappa shape index (κ2) is 10.0. The molecule has 8 N–H and O–H groups in total. The van der Waals surface area contributed by atoms with Crippen LogP contribution in [0.1, 0.15) is 11.1 Å². The molecule has 0 saturated carbocycles. The van der Waals surface area contributed by atoms with Gasteiger partial charge in [0.25, 0.3) is 0 Å². The second-order valence-electron chi connectivity index (χ2n) is 6.03. The smallest absolute Gasteiger partial charge is 0.0884 e. The fourth-order valence-electron chi connectivity index (χ4n) is 1.99. The van der Waals surface area contributed by atoms with Gasteiger partial charge in [0, 0.05) is 13.1 Å². The summed E-state index contributed by atoms with van der Waals surface area (Å²) in [6, 6.07) is 7.39. The van der Waals surface area contributed by atoms with Crippen LogP contribution >= 0.6 is 0 Å². The Morgan fingerprint density at radius 2 is 0.792 bits per heavy atom. The molecular formula is C16H28N2O6. The van der Waals surface area contributed by atoms with Crippen LogP contribution in [0.4, 0.5) is 0 Å². The molecule has 0 aliphatic rings. The molecule has 0 atom stereocenters. The molecule has 8 nitrogen and oxygen atoms in total. The van der Waals surface area contributed by atoms with Crippen LogP contribution < -0.4 is 10.6 Å². The largest absolute Gasteiger partial charge is 0.394 e. The molecule has 0 fully saturated rings. The zero-order chi connectivity index (χ0) is 18.1. The number of hydrogen-bond acceptors (Lipinski definition) is 8. The topological polar surface area (TPSA) is 145 Å². The Bertz CT molecular complexity index is 401. The van der Waals surface area contributed by atoms with E-state index in [1.807, 2.05) is 24.3 Å². The van der Waals surface area contributed by atoms with Gasteiger partial charge in [-0.05, 0) is 11.1 Å². The van der Waals surface area contributed by atoms with E-state index < -0.39 is 11.1 Å². The Morgan fingerprint density at radius 3 is 1.00 bits per heavy atom. The SMILES string of the molecule is OCC(CO)(CO)NCc1ccc(CNC(CO)(CO)CO)cc1. The second-order valence-corrected chi connectivity index (χ2v) is 6.03. The number of rotatable bonds is 12. The van der Waals surface area contributed by atoms with Crippen molar-refractivity contribution in [3.63, 3.8) is 0 Å². The van der Waals surface area contributed by atoms with Gasteiger partial charge in [-0.1, -0.05) is 24.3 Å². The lowest BCUT2D eigenvalue weighted by molar-refractivity contribution is 0.0409. The summed E-state index contributed by atoms with van der Waals surface area (Å²) in [6.45, 7) is -1.56. The van der Waals surface area contributed by atoms with Crippen molar-refractivity contribution in [1.82, 2.24) is 10.6 Å². The minimum Gasteiger partial charge on any atom is -0.394 e. The fraction of sp³-hybridized carbons (Fsp3) is 0.625.